The van der Waals surface area contributed by atoms with Crippen LogP contribution in [0.15, 0.2) is 24.3 Å². The summed E-state index contributed by atoms with van der Waals surface area (Å²) >= 11 is 5.90. The number of anilines is 1. The number of halogens is 1. The zero-order valence-corrected chi connectivity index (χ0v) is 9.87. The second-order valence-corrected chi connectivity index (χ2v) is 4.86. The van der Waals surface area contributed by atoms with E-state index in [0.29, 0.717) is 11.6 Å². The van der Waals surface area contributed by atoms with Crippen molar-refractivity contribution in [1.82, 2.24) is 0 Å². The van der Waals surface area contributed by atoms with Crippen molar-refractivity contribution >= 4 is 23.3 Å². The van der Waals surface area contributed by atoms with Crippen molar-refractivity contribution in [1.29, 1.82) is 0 Å². The highest BCUT2D eigenvalue weighted by Gasteiger charge is 2.50. The van der Waals surface area contributed by atoms with Gasteiger partial charge in [-0.25, -0.2) is 0 Å². The van der Waals surface area contributed by atoms with E-state index in [2.05, 4.69) is 0 Å². The zero-order valence-electron chi connectivity index (χ0n) is 9.11. The van der Waals surface area contributed by atoms with Gasteiger partial charge in [0.1, 0.15) is 0 Å². The minimum absolute atomic E-state index is 0.531. The summed E-state index contributed by atoms with van der Waals surface area (Å²) in [5, 5.41) is 9.77. The molecule has 2 rings (SSSR count). The number of hydrogen-bond donors (Lipinski definition) is 1. The van der Waals surface area contributed by atoms with Crippen LogP contribution >= 0.6 is 11.6 Å². The fourth-order valence-corrected chi connectivity index (χ4v) is 2.03. The van der Waals surface area contributed by atoms with E-state index in [1.807, 2.05) is 36.2 Å². The van der Waals surface area contributed by atoms with E-state index in [0.717, 1.165) is 18.5 Å². The van der Waals surface area contributed by atoms with Crippen LogP contribution in [0.3, 0.4) is 0 Å². The van der Waals surface area contributed by atoms with E-state index in [1.54, 1.807) is 0 Å². The average Bonchev–Trinajstić information content (AvgIpc) is 2.99. The predicted molar refractivity (Wildman–Crippen MR) is 64.0 cm³/mol. The van der Waals surface area contributed by atoms with Gasteiger partial charge in [0.15, 0.2) is 0 Å². The van der Waals surface area contributed by atoms with Gasteiger partial charge in [-0.3, -0.25) is 4.79 Å². The number of aliphatic carboxylic acids is 1. The second-order valence-electron chi connectivity index (χ2n) is 4.42. The average molecular weight is 240 g/mol. The van der Waals surface area contributed by atoms with Crippen LogP contribution in [0.4, 0.5) is 5.69 Å². The van der Waals surface area contributed by atoms with Crippen molar-refractivity contribution in [2.45, 2.75) is 12.8 Å². The van der Waals surface area contributed by atoms with Crippen LogP contribution < -0.4 is 4.90 Å². The maximum Gasteiger partial charge on any atom is 0.311 e. The van der Waals surface area contributed by atoms with Crippen molar-refractivity contribution in [2.24, 2.45) is 5.41 Å². The number of hydrogen-bond acceptors (Lipinski definition) is 2. The van der Waals surface area contributed by atoms with Gasteiger partial charge in [-0.15, -0.1) is 0 Å². The Balaban J connectivity index is 2.09. The Morgan fingerprint density at radius 3 is 2.75 bits per heavy atom. The summed E-state index contributed by atoms with van der Waals surface area (Å²) < 4.78 is 0. The molecular formula is C12H14ClNO2. The van der Waals surface area contributed by atoms with E-state index >= 15 is 0 Å². The summed E-state index contributed by atoms with van der Waals surface area (Å²) in [4.78, 5) is 13.0. The Morgan fingerprint density at radius 1 is 1.56 bits per heavy atom. The number of carboxylic acids is 1. The summed E-state index contributed by atoms with van der Waals surface area (Å²) in [5.41, 5.74) is 0.428. The maximum atomic E-state index is 11.1. The monoisotopic (exact) mass is 239 g/mol. The molecule has 0 saturated heterocycles. The second kappa shape index (κ2) is 3.98. The Kier molecular flexibility index (Phi) is 2.80. The third-order valence-electron chi connectivity index (χ3n) is 3.10. The van der Waals surface area contributed by atoms with Gasteiger partial charge in [0.2, 0.25) is 0 Å². The molecule has 0 aliphatic heterocycles. The predicted octanol–water partition coefficient (Wildman–Crippen LogP) is 2.64. The Morgan fingerprint density at radius 2 is 2.25 bits per heavy atom. The lowest BCUT2D eigenvalue weighted by molar-refractivity contribution is -0.142. The van der Waals surface area contributed by atoms with Crippen LogP contribution in [0.2, 0.25) is 5.02 Å². The lowest BCUT2D eigenvalue weighted by Gasteiger charge is -2.23. The van der Waals surface area contributed by atoms with Gasteiger partial charge in [0.25, 0.3) is 0 Å². The lowest BCUT2D eigenvalue weighted by atomic mass is 10.1. The number of carbonyl (C=O) groups is 1. The van der Waals surface area contributed by atoms with Crippen molar-refractivity contribution in [3.8, 4) is 0 Å². The van der Waals surface area contributed by atoms with E-state index < -0.39 is 11.4 Å². The first kappa shape index (κ1) is 11.3. The van der Waals surface area contributed by atoms with Crippen molar-refractivity contribution in [2.75, 3.05) is 18.5 Å². The highest BCUT2D eigenvalue weighted by molar-refractivity contribution is 6.30. The Bertz CT molecular complexity index is 415. The minimum atomic E-state index is -0.693. The smallest absolute Gasteiger partial charge is 0.311 e. The standard InChI is InChI=1S/C12H14ClNO2/c1-14(8-12(5-6-12)11(15)16)10-4-2-3-9(13)7-10/h2-4,7H,5-6,8H2,1H3,(H,15,16). The van der Waals surface area contributed by atoms with Gasteiger partial charge < -0.3 is 10.0 Å². The molecule has 3 nitrogen and oxygen atoms in total. The molecule has 1 aromatic carbocycles. The summed E-state index contributed by atoms with van der Waals surface area (Å²) in [5.74, 6) is -0.693. The first-order valence-electron chi connectivity index (χ1n) is 5.24. The normalized spacial score (nSPS) is 16.9. The van der Waals surface area contributed by atoms with Crippen LogP contribution in [-0.4, -0.2) is 24.7 Å². The van der Waals surface area contributed by atoms with Gasteiger partial charge in [-0.1, -0.05) is 17.7 Å². The van der Waals surface area contributed by atoms with E-state index in [4.69, 9.17) is 16.7 Å². The molecule has 0 bridgehead atoms. The number of rotatable bonds is 4. The van der Waals surface area contributed by atoms with Gasteiger partial charge >= 0.3 is 5.97 Å². The number of carboxylic acid groups (broad SMARTS) is 1. The van der Waals surface area contributed by atoms with Gasteiger partial charge in [-0.05, 0) is 31.0 Å². The molecule has 0 spiro atoms. The Hall–Kier alpha value is -1.22. The molecule has 1 aliphatic carbocycles. The first-order valence-corrected chi connectivity index (χ1v) is 5.61. The zero-order chi connectivity index (χ0) is 11.8. The number of nitrogens with zero attached hydrogens (tertiary/aromatic N) is 1. The molecule has 0 unspecified atom stereocenters. The molecule has 1 aromatic rings. The van der Waals surface area contributed by atoms with Crippen LogP contribution in [0.1, 0.15) is 12.8 Å². The van der Waals surface area contributed by atoms with Crippen LogP contribution in [0.5, 0.6) is 0 Å². The maximum absolute atomic E-state index is 11.1. The molecule has 0 aromatic heterocycles. The van der Waals surface area contributed by atoms with Crippen molar-refractivity contribution in [3.05, 3.63) is 29.3 Å². The summed E-state index contributed by atoms with van der Waals surface area (Å²) in [7, 11) is 1.90. The minimum Gasteiger partial charge on any atom is -0.481 e. The van der Waals surface area contributed by atoms with Gasteiger partial charge in [0, 0.05) is 24.3 Å². The van der Waals surface area contributed by atoms with Crippen LogP contribution in [0.25, 0.3) is 0 Å². The molecule has 0 atom stereocenters. The Labute approximate surface area is 99.6 Å². The fraction of sp³-hybridized carbons (Fsp3) is 0.417. The van der Waals surface area contributed by atoms with Gasteiger partial charge in [-0.2, -0.15) is 0 Å². The van der Waals surface area contributed by atoms with E-state index in [9.17, 15) is 4.79 Å². The van der Waals surface area contributed by atoms with E-state index in [1.165, 1.54) is 0 Å². The van der Waals surface area contributed by atoms with Crippen molar-refractivity contribution < 1.29 is 9.90 Å². The topological polar surface area (TPSA) is 40.5 Å². The quantitative estimate of drug-likeness (QED) is 0.878. The van der Waals surface area contributed by atoms with Crippen LogP contribution in [-0.2, 0) is 4.79 Å². The highest BCUT2D eigenvalue weighted by atomic mass is 35.5. The van der Waals surface area contributed by atoms with E-state index in [-0.39, 0.29) is 0 Å². The summed E-state index contributed by atoms with van der Waals surface area (Å²) in [6.45, 7) is 0.544. The molecule has 0 heterocycles. The fourth-order valence-electron chi connectivity index (χ4n) is 1.85. The molecule has 0 amide bonds. The molecule has 0 radical (unpaired) electrons. The molecular weight excluding hydrogens is 226 g/mol. The van der Waals surface area contributed by atoms with Gasteiger partial charge in [0.05, 0.1) is 5.41 Å². The largest absolute Gasteiger partial charge is 0.481 e. The highest BCUT2D eigenvalue weighted by Crippen LogP contribution is 2.46. The molecule has 1 aliphatic rings. The summed E-state index contributed by atoms with van der Waals surface area (Å²) in [6.07, 6.45) is 1.54. The SMILES string of the molecule is CN(CC1(C(=O)O)CC1)c1cccc(Cl)c1. The molecule has 16 heavy (non-hydrogen) atoms. The molecule has 1 saturated carbocycles. The molecule has 1 fully saturated rings. The molecule has 86 valence electrons. The third kappa shape index (κ3) is 2.14. The van der Waals surface area contributed by atoms with Crippen molar-refractivity contribution in [3.63, 3.8) is 0 Å². The molecule has 4 heteroatoms. The number of benzene rings is 1. The molecule has 1 N–H and O–H groups in total. The lowest BCUT2D eigenvalue weighted by Crippen LogP contribution is -2.31. The summed E-state index contributed by atoms with van der Waals surface area (Å²) in [6, 6.07) is 7.46. The van der Waals surface area contributed by atoms with Crippen LogP contribution in [0, 0.1) is 5.41 Å². The first-order chi connectivity index (χ1) is 7.53. The third-order valence-corrected chi connectivity index (χ3v) is 3.33.